The molecule has 0 radical (unpaired) electrons. The van der Waals surface area contributed by atoms with Crippen molar-refractivity contribution in [3.63, 3.8) is 0 Å². The lowest BCUT2D eigenvalue weighted by atomic mass is 10.1. The van der Waals surface area contributed by atoms with E-state index in [9.17, 15) is 4.39 Å². The van der Waals surface area contributed by atoms with Crippen LogP contribution < -0.4 is 5.73 Å². The summed E-state index contributed by atoms with van der Waals surface area (Å²) < 4.78 is 12.5. The van der Waals surface area contributed by atoms with Crippen LogP contribution in [0.5, 0.6) is 0 Å². The fraction of sp³-hybridized carbons (Fsp3) is 0.250. The Morgan fingerprint density at radius 1 is 1.40 bits per heavy atom. The Labute approximate surface area is 59.7 Å². The molecule has 0 aliphatic heterocycles. The van der Waals surface area contributed by atoms with Gasteiger partial charge < -0.3 is 0 Å². The summed E-state index contributed by atoms with van der Waals surface area (Å²) in [5.74, 6) is 0. The Morgan fingerprint density at radius 3 is 2.40 bits per heavy atom. The molecule has 0 aliphatic rings. The number of aryl methyl sites for hydroxylation is 1. The third-order valence-corrected chi connectivity index (χ3v) is 1.49. The highest BCUT2D eigenvalue weighted by molar-refractivity contribution is 5.26. The van der Waals surface area contributed by atoms with Crippen molar-refractivity contribution >= 4 is 0 Å². The van der Waals surface area contributed by atoms with Crippen molar-refractivity contribution in [2.45, 2.75) is 13.2 Å². The van der Waals surface area contributed by atoms with Gasteiger partial charge in [0.05, 0.1) is 0 Å². The zero-order chi connectivity index (χ0) is 7.56. The maximum Gasteiger partial charge on any atom is 0.174 e. The number of alkyl halides is 1. The first kappa shape index (κ1) is 7.22. The number of benzene rings is 1. The van der Waals surface area contributed by atoms with E-state index in [1.807, 2.05) is 19.1 Å². The summed E-state index contributed by atoms with van der Waals surface area (Å²) in [6.07, 6.45) is -1.35. The van der Waals surface area contributed by atoms with Gasteiger partial charge in [-0.25, -0.2) is 4.39 Å². The molecular weight excluding hydrogens is 129 g/mol. The van der Waals surface area contributed by atoms with Gasteiger partial charge in [0.2, 0.25) is 0 Å². The van der Waals surface area contributed by atoms with Crippen LogP contribution in [0.3, 0.4) is 0 Å². The third-order valence-electron chi connectivity index (χ3n) is 1.49. The van der Waals surface area contributed by atoms with Crippen molar-refractivity contribution in [1.29, 1.82) is 0 Å². The monoisotopic (exact) mass is 139 g/mol. The van der Waals surface area contributed by atoms with E-state index in [1.165, 1.54) is 0 Å². The van der Waals surface area contributed by atoms with Crippen LogP contribution >= 0.6 is 0 Å². The van der Waals surface area contributed by atoms with Crippen LogP contribution in [-0.2, 0) is 0 Å². The number of rotatable bonds is 1. The molecule has 0 saturated carbocycles. The molecule has 0 heterocycles. The van der Waals surface area contributed by atoms with Crippen molar-refractivity contribution in [2.75, 3.05) is 0 Å². The summed E-state index contributed by atoms with van der Waals surface area (Å²) in [6, 6.07) is 7.18. The molecule has 0 aromatic heterocycles. The largest absolute Gasteiger partial charge is 0.298 e. The normalized spacial score (nSPS) is 13.1. The van der Waals surface area contributed by atoms with E-state index >= 15 is 0 Å². The molecule has 0 spiro atoms. The summed E-state index contributed by atoms with van der Waals surface area (Å²) in [5.41, 5.74) is 6.52. The molecule has 2 N–H and O–H groups in total. The predicted octanol–water partition coefficient (Wildman–Crippen LogP) is 1.92. The van der Waals surface area contributed by atoms with Gasteiger partial charge in [0.15, 0.2) is 6.30 Å². The highest BCUT2D eigenvalue weighted by Gasteiger charge is 2.03. The lowest BCUT2D eigenvalue weighted by molar-refractivity contribution is 0.354. The Hall–Kier alpha value is -0.890. The van der Waals surface area contributed by atoms with Crippen LogP contribution in [0.2, 0.25) is 0 Å². The zero-order valence-corrected chi connectivity index (χ0v) is 5.84. The third kappa shape index (κ3) is 1.33. The average Bonchev–Trinajstić information content (AvgIpc) is 1.88. The summed E-state index contributed by atoms with van der Waals surface area (Å²) in [4.78, 5) is 0. The van der Waals surface area contributed by atoms with Gasteiger partial charge in [-0.05, 0) is 12.5 Å². The molecule has 1 nitrogen and oxygen atoms in total. The Kier molecular flexibility index (Phi) is 2.02. The van der Waals surface area contributed by atoms with Gasteiger partial charge in [-0.3, -0.25) is 5.73 Å². The minimum absolute atomic E-state index is 0.572. The minimum atomic E-state index is -1.35. The molecule has 0 amide bonds. The first-order chi connectivity index (χ1) is 4.72. The molecule has 0 saturated heterocycles. The first-order valence-electron chi connectivity index (χ1n) is 3.17. The maximum absolute atomic E-state index is 12.5. The van der Waals surface area contributed by atoms with Crippen molar-refractivity contribution < 1.29 is 4.39 Å². The van der Waals surface area contributed by atoms with E-state index in [1.54, 1.807) is 12.1 Å². The molecule has 10 heavy (non-hydrogen) atoms. The van der Waals surface area contributed by atoms with Crippen molar-refractivity contribution in [1.82, 2.24) is 0 Å². The predicted molar refractivity (Wildman–Crippen MR) is 39.2 cm³/mol. The van der Waals surface area contributed by atoms with Gasteiger partial charge in [-0.2, -0.15) is 0 Å². The van der Waals surface area contributed by atoms with Gasteiger partial charge in [-0.1, -0.05) is 24.3 Å². The fourth-order valence-corrected chi connectivity index (χ4v) is 0.896. The molecule has 2 heteroatoms. The molecular formula is C8H10FN. The SMILES string of the molecule is Cc1ccccc1C(N)F. The minimum Gasteiger partial charge on any atom is -0.298 e. The Bertz CT molecular complexity index is 220. The van der Waals surface area contributed by atoms with E-state index in [0.29, 0.717) is 5.56 Å². The summed E-state index contributed by atoms with van der Waals surface area (Å²) in [5, 5.41) is 0. The molecule has 1 atom stereocenters. The Balaban J connectivity index is 3.03. The fourth-order valence-electron chi connectivity index (χ4n) is 0.896. The van der Waals surface area contributed by atoms with Crippen molar-refractivity contribution in [2.24, 2.45) is 5.73 Å². The van der Waals surface area contributed by atoms with Gasteiger partial charge in [0.25, 0.3) is 0 Å². The van der Waals surface area contributed by atoms with Gasteiger partial charge in [0, 0.05) is 5.56 Å². The molecule has 54 valence electrons. The quantitative estimate of drug-likeness (QED) is 0.591. The summed E-state index contributed by atoms with van der Waals surface area (Å²) in [6.45, 7) is 1.84. The lowest BCUT2D eigenvalue weighted by Gasteiger charge is -2.04. The Morgan fingerprint density at radius 2 is 2.00 bits per heavy atom. The van der Waals surface area contributed by atoms with Crippen LogP contribution in [0.1, 0.15) is 17.4 Å². The van der Waals surface area contributed by atoms with Gasteiger partial charge in [-0.15, -0.1) is 0 Å². The highest BCUT2D eigenvalue weighted by atomic mass is 19.1. The van der Waals surface area contributed by atoms with Gasteiger partial charge >= 0.3 is 0 Å². The maximum atomic E-state index is 12.5. The van der Waals surface area contributed by atoms with Crippen molar-refractivity contribution in [3.8, 4) is 0 Å². The van der Waals surface area contributed by atoms with Gasteiger partial charge in [0.1, 0.15) is 0 Å². The zero-order valence-electron chi connectivity index (χ0n) is 5.84. The van der Waals surface area contributed by atoms with E-state index < -0.39 is 6.30 Å². The van der Waals surface area contributed by atoms with Crippen LogP contribution in [0.4, 0.5) is 4.39 Å². The van der Waals surface area contributed by atoms with Crippen LogP contribution in [-0.4, -0.2) is 0 Å². The summed E-state index contributed by atoms with van der Waals surface area (Å²) in [7, 11) is 0. The van der Waals surface area contributed by atoms with E-state index in [4.69, 9.17) is 5.73 Å². The lowest BCUT2D eigenvalue weighted by Crippen LogP contribution is -2.04. The number of nitrogens with two attached hydrogens (primary N) is 1. The second kappa shape index (κ2) is 2.80. The first-order valence-corrected chi connectivity index (χ1v) is 3.17. The highest BCUT2D eigenvalue weighted by Crippen LogP contribution is 2.14. The average molecular weight is 139 g/mol. The summed E-state index contributed by atoms with van der Waals surface area (Å²) >= 11 is 0. The van der Waals surface area contributed by atoms with E-state index in [2.05, 4.69) is 0 Å². The molecule has 1 aromatic rings. The number of hydrogen-bond donors (Lipinski definition) is 1. The van der Waals surface area contributed by atoms with Crippen LogP contribution in [0, 0.1) is 6.92 Å². The number of hydrogen-bond acceptors (Lipinski definition) is 1. The standard InChI is InChI=1S/C8H10FN/c1-6-4-2-3-5-7(6)8(9)10/h2-5,8H,10H2,1H3. The van der Waals surface area contributed by atoms with E-state index in [0.717, 1.165) is 5.56 Å². The van der Waals surface area contributed by atoms with Crippen LogP contribution in [0.15, 0.2) is 24.3 Å². The second-order valence-corrected chi connectivity index (χ2v) is 2.26. The molecule has 0 fully saturated rings. The van der Waals surface area contributed by atoms with E-state index in [-0.39, 0.29) is 0 Å². The van der Waals surface area contributed by atoms with Crippen LogP contribution in [0.25, 0.3) is 0 Å². The molecule has 1 aromatic carbocycles. The number of halogens is 1. The second-order valence-electron chi connectivity index (χ2n) is 2.26. The molecule has 1 rings (SSSR count). The molecule has 0 bridgehead atoms. The topological polar surface area (TPSA) is 26.0 Å². The van der Waals surface area contributed by atoms with Crippen molar-refractivity contribution in [3.05, 3.63) is 35.4 Å². The molecule has 0 aliphatic carbocycles. The molecule has 1 unspecified atom stereocenters. The smallest absolute Gasteiger partial charge is 0.174 e.